The predicted molar refractivity (Wildman–Crippen MR) is 127 cm³/mol. The number of rotatable bonds is 6. The Balaban J connectivity index is 1.38. The van der Waals surface area contributed by atoms with E-state index in [-0.39, 0.29) is 35.8 Å². The molecule has 1 aliphatic rings. The van der Waals surface area contributed by atoms with Crippen LogP contribution in [0.5, 0.6) is 0 Å². The summed E-state index contributed by atoms with van der Waals surface area (Å²) in [5.74, 6) is -3.35. The molecule has 11 heteroatoms. The molecule has 1 aliphatic carbocycles. The van der Waals surface area contributed by atoms with E-state index in [4.69, 9.17) is 0 Å². The van der Waals surface area contributed by atoms with Gasteiger partial charge in [-0.1, -0.05) is 18.2 Å². The topological polar surface area (TPSA) is 126 Å². The molecule has 5 rings (SSSR count). The maximum Gasteiger partial charge on any atom is 0.270 e. The number of benzene rings is 2. The fourth-order valence-electron chi connectivity index (χ4n) is 4.36. The molecule has 0 saturated carbocycles. The van der Waals surface area contributed by atoms with Crippen LogP contribution in [0.25, 0.3) is 5.65 Å². The Morgan fingerprint density at radius 1 is 1.05 bits per heavy atom. The van der Waals surface area contributed by atoms with E-state index in [1.807, 2.05) is 0 Å². The van der Waals surface area contributed by atoms with E-state index in [2.05, 4.69) is 20.7 Å². The first kappa shape index (κ1) is 24.2. The van der Waals surface area contributed by atoms with Gasteiger partial charge in [0.1, 0.15) is 11.4 Å². The second-order valence-electron chi connectivity index (χ2n) is 8.75. The number of carbonyl (C=O) groups is 3. The number of carbonyl (C=O) groups excluding carboxylic acids is 3. The smallest absolute Gasteiger partial charge is 0.270 e. The zero-order valence-corrected chi connectivity index (χ0v) is 19.5. The SMILES string of the molecule is CC(=O)c1ccc2c(c1)C[C@@H](O)[C@@H]2NC(=O)c1cc(C(=O)NCc2ccc(F)c(F)c2)nc2ccnn12. The summed E-state index contributed by atoms with van der Waals surface area (Å²) in [6, 6.07) is 10.4. The highest BCUT2D eigenvalue weighted by atomic mass is 19.2. The Bertz CT molecular complexity index is 1570. The summed E-state index contributed by atoms with van der Waals surface area (Å²) in [6.45, 7) is 1.37. The third-order valence-electron chi connectivity index (χ3n) is 6.25. The monoisotopic (exact) mass is 505 g/mol. The van der Waals surface area contributed by atoms with E-state index in [9.17, 15) is 28.3 Å². The number of aliphatic hydroxyl groups is 1. The second-order valence-corrected chi connectivity index (χ2v) is 8.75. The number of ketones is 1. The predicted octanol–water partition coefficient (Wildman–Crippen LogP) is 2.53. The van der Waals surface area contributed by atoms with Crippen LogP contribution in [-0.4, -0.2) is 43.4 Å². The molecule has 188 valence electrons. The highest BCUT2D eigenvalue weighted by molar-refractivity contribution is 5.98. The van der Waals surface area contributed by atoms with Crippen LogP contribution in [0.3, 0.4) is 0 Å². The van der Waals surface area contributed by atoms with Crippen LogP contribution < -0.4 is 10.6 Å². The van der Waals surface area contributed by atoms with Gasteiger partial charge < -0.3 is 15.7 Å². The van der Waals surface area contributed by atoms with Crippen molar-refractivity contribution in [3.63, 3.8) is 0 Å². The number of aliphatic hydroxyl groups excluding tert-OH is 1. The molecule has 2 aromatic heterocycles. The average molecular weight is 505 g/mol. The zero-order valence-electron chi connectivity index (χ0n) is 19.5. The number of amides is 2. The van der Waals surface area contributed by atoms with Crippen molar-refractivity contribution < 1.29 is 28.3 Å². The first-order valence-electron chi connectivity index (χ1n) is 11.4. The lowest BCUT2D eigenvalue weighted by molar-refractivity contribution is 0.0850. The van der Waals surface area contributed by atoms with Crippen molar-refractivity contribution in [1.29, 1.82) is 0 Å². The van der Waals surface area contributed by atoms with Gasteiger partial charge in [0, 0.05) is 30.7 Å². The Labute approximate surface area is 209 Å². The van der Waals surface area contributed by atoms with E-state index in [0.717, 1.165) is 17.7 Å². The molecular formula is C26H21F2N5O4. The molecule has 0 bridgehead atoms. The van der Waals surface area contributed by atoms with Gasteiger partial charge in [-0.2, -0.15) is 5.10 Å². The Morgan fingerprint density at radius 3 is 2.62 bits per heavy atom. The van der Waals surface area contributed by atoms with E-state index in [1.54, 1.807) is 18.2 Å². The minimum absolute atomic E-state index is 0.00832. The Kier molecular flexibility index (Phi) is 6.22. The third kappa shape index (κ3) is 4.68. The number of Topliss-reactive ketones (excluding diaryl/α,β-unsaturated/α-hetero) is 1. The van der Waals surface area contributed by atoms with Gasteiger partial charge in [-0.3, -0.25) is 14.4 Å². The number of hydrogen-bond acceptors (Lipinski definition) is 6. The molecule has 2 atom stereocenters. The van der Waals surface area contributed by atoms with Crippen molar-refractivity contribution in [2.75, 3.05) is 0 Å². The van der Waals surface area contributed by atoms with Crippen LogP contribution in [0.2, 0.25) is 0 Å². The van der Waals surface area contributed by atoms with Crippen LogP contribution in [0.4, 0.5) is 8.78 Å². The van der Waals surface area contributed by atoms with Crippen molar-refractivity contribution in [2.24, 2.45) is 0 Å². The van der Waals surface area contributed by atoms with Crippen molar-refractivity contribution in [2.45, 2.75) is 32.0 Å². The fourth-order valence-corrected chi connectivity index (χ4v) is 4.36. The molecule has 0 spiro atoms. The number of hydrogen-bond donors (Lipinski definition) is 3. The summed E-state index contributed by atoms with van der Waals surface area (Å²) in [6.07, 6.45) is 0.785. The van der Waals surface area contributed by atoms with E-state index in [0.29, 0.717) is 16.7 Å². The van der Waals surface area contributed by atoms with E-state index < -0.39 is 35.6 Å². The molecule has 2 heterocycles. The minimum Gasteiger partial charge on any atom is -0.390 e. The van der Waals surface area contributed by atoms with Crippen molar-refractivity contribution in [1.82, 2.24) is 25.2 Å². The largest absolute Gasteiger partial charge is 0.390 e. The highest BCUT2D eigenvalue weighted by Crippen LogP contribution is 2.32. The number of nitrogens with zero attached hydrogens (tertiary/aromatic N) is 3. The molecule has 9 nitrogen and oxygen atoms in total. The molecular weight excluding hydrogens is 484 g/mol. The fraction of sp³-hybridized carbons (Fsp3) is 0.192. The molecule has 0 radical (unpaired) electrons. The van der Waals surface area contributed by atoms with Gasteiger partial charge in [0.2, 0.25) is 0 Å². The van der Waals surface area contributed by atoms with Crippen molar-refractivity contribution >= 4 is 23.2 Å². The molecule has 37 heavy (non-hydrogen) atoms. The lowest BCUT2D eigenvalue weighted by atomic mass is 10.0. The first-order chi connectivity index (χ1) is 17.7. The number of aromatic nitrogens is 3. The standard InChI is InChI=1S/C26H21F2N5O4/c1-13(34)15-3-4-17-16(9-15)10-22(35)24(17)32-26(37)21-11-20(31-23-6-7-30-33(21)23)25(36)29-12-14-2-5-18(27)19(28)8-14/h2-9,11,22,24,35H,10,12H2,1H3,(H,29,36)(H,32,37)/t22-,24-/m1/s1. The third-order valence-corrected chi connectivity index (χ3v) is 6.25. The van der Waals surface area contributed by atoms with Crippen molar-refractivity contribution in [3.8, 4) is 0 Å². The van der Waals surface area contributed by atoms with Crippen LogP contribution >= 0.6 is 0 Å². The van der Waals surface area contributed by atoms with E-state index >= 15 is 0 Å². The Hall–Kier alpha value is -4.51. The number of halogens is 2. The van der Waals surface area contributed by atoms with Gasteiger partial charge in [-0.25, -0.2) is 18.3 Å². The van der Waals surface area contributed by atoms with Gasteiger partial charge in [0.15, 0.2) is 23.1 Å². The van der Waals surface area contributed by atoms with Crippen LogP contribution in [0, 0.1) is 11.6 Å². The van der Waals surface area contributed by atoms with Gasteiger partial charge >= 0.3 is 0 Å². The quantitative estimate of drug-likeness (QED) is 0.346. The lowest BCUT2D eigenvalue weighted by Gasteiger charge is -2.18. The maximum atomic E-state index is 13.5. The van der Waals surface area contributed by atoms with Gasteiger partial charge in [0.25, 0.3) is 11.8 Å². The number of nitrogens with one attached hydrogen (secondary N) is 2. The highest BCUT2D eigenvalue weighted by Gasteiger charge is 2.33. The summed E-state index contributed by atoms with van der Waals surface area (Å²) in [7, 11) is 0. The van der Waals surface area contributed by atoms with Crippen molar-refractivity contribution in [3.05, 3.63) is 100 Å². The van der Waals surface area contributed by atoms with E-state index in [1.165, 1.54) is 35.8 Å². The average Bonchev–Trinajstić information content (AvgIpc) is 3.47. The summed E-state index contributed by atoms with van der Waals surface area (Å²) in [4.78, 5) is 42.0. The van der Waals surface area contributed by atoms with Crippen LogP contribution in [-0.2, 0) is 13.0 Å². The van der Waals surface area contributed by atoms with Crippen LogP contribution in [0.15, 0.2) is 54.7 Å². The molecule has 2 amide bonds. The normalized spacial score (nSPS) is 16.4. The summed E-state index contributed by atoms with van der Waals surface area (Å²) >= 11 is 0. The summed E-state index contributed by atoms with van der Waals surface area (Å²) in [5, 5.41) is 20.1. The lowest BCUT2D eigenvalue weighted by Crippen LogP contribution is -2.35. The number of fused-ring (bicyclic) bond motifs is 2. The molecule has 3 N–H and O–H groups in total. The maximum absolute atomic E-state index is 13.5. The zero-order chi connectivity index (χ0) is 26.3. The molecule has 0 fully saturated rings. The second kappa shape index (κ2) is 9.51. The minimum atomic E-state index is -1.03. The van der Waals surface area contributed by atoms with Gasteiger partial charge in [-0.05, 0) is 41.8 Å². The molecule has 0 saturated heterocycles. The summed E-state index contributed by atoms with van der Waals surface area (Å²) < 4.78 is 27.9. The molecule has 2 aromatic carbocycles. The van der Waals surface area contributed by atoms with Gasteiger partial charge in [-0.15, -0.1) is 0 Å². The van der Waals surface area contributed by atoms with Crippen LogP contribution in [0.1, 0.15) is 61.0 Å². The summed E-state index contributed by atoms with van der Waals surface area (Å²) in [5.41, 5.74) is 2.49. The first-order valence-corrected chi connectivity index (χ1v) is 11.4. The Morgan fingerprint density at radius 2 is 1.86 bits per heavy atom. The molecule has 0 aliphatic heterocycles. The van der Waals surface area contributed by atoms with Gasteiger partial charge in [0.05, 0.1) is 18.3 Å². The molecule has 0 unspecified atom stereocenters. The molecule has 4 aromatic rings.